The number of aromatic carboxylic acids is 1. The van der Waals surface area contributed by atoms with Gasteiger partial charge < -0.3 is 76.1 Å². The first-order chi connectivity index (χ1) is 43.4. The van der Waals surface area contributed by atoms with E-state index in [1.165, 1.54) is 42.6 Å². The number of carboxylic acid groups (broad SMARTS) is 1. The van der Waals surface area contributed by atoms with Crippen molar-refractivity contribution in [3.63, 3.8) is 0 Å². The number of imidazole rings is 1. The summed E-state index contributed by atoms with van der Waals surface area (Å²) >= 11 is 0. The smallest absolute Gasteiger partial charge is 0.407 e. The van der Waals surface area contributed by atoms with Crippen LogP contribution in [0.2, 0.25) is 0 Å². The van der Waals surface area contributed by atoms with Crippen LogP contribution in [0.1, 0.15) is 54.9 Å². The Balaban J connectivity index is 0.814. The maximum absolute atomic E-state index is 14.0. The van der Waals surface area contributed by atoms with Gasteiger partial charge in [-0.25, -0.2) is 38.1 Å². The molecule has 2 unspecified atom stereocenters. The largest absolute Gasteiger partial charge is 0.478 e. The third-order valence-corrected chi connectivity index (χ3v) is 13.4. The van der Waals surface area contributed by atoms with Crippen molar-refractivity contribution < 1.29 is 80.7 Å². The van der Waals surface area contributed by atoms with Crippen molar-refractivity contribution in [1.82, 2.24) is 46.1 Å². The highest BCUT2D eigenvalue weighted by Crippen LogP contribution is 2.32. The van der Waals surface area contributed by atoms with Gasteiger partial charge in [0.15, 0.2) is 0 Å². The van der Waals surface area contributed by atoms with Crippen molar-refractivity contribution in [2.45, 2.75) is 58.3 Å². The molecule has 0 radical (unpaired) electrons. The minimum atomic E-state index is -1.41. The van der Waals surface area contributed by atoms with E-state index < -0.39 is 65.1 Å². The van der Waals surface area contributed by atoms with E-state index in [1.807, 2.05) is 6.07 Å². The number of primary amides is 1. The molecule has 4 aromatic carbocycles. The summed E-state index contributed by atoms with van der Waals surface area (Å²) in [6.45, 7) is 5.63. The Bertz CT molecular complexity index is 3460. The number of benzene rings is 4. The van der Waals surface area contributed by atoms with Crippen molar-refractivity contribution >= 4 is 70.0 Å². The number of H-pyrrole nitrogens is 1. The molecule has 0 aliphatic carbocycles. The summed E-state index contributed by atoms with van der Waals surface area (Å²) in [6, 6.07) is 18.3. The maximum Gasteiger partial charge on any atom is 0.407 e. The van der Waals surface area contributed by atoms with Crippen LogP contribution in [0.5, 0.6) is 5.88 Å². The van der Waals surface area contributed by atoms with Gasteiger partial charge in [0.05, 0.1) is 107 Å². The number of aromatic nitrogens is 4. The number of rotatable bonds is 37. The molecule has 7 rings (SSSR count). The van der Waals surface area contributed by atoms with E-state index in [1.54, 1.807) is 62.4 Å². The second-order valence-corrected chi connectivity index (χ2v) is 20.4. The molecule has 0 bridgehead atoms. The van der Waals surface area contributed by atoms with Gasteiger partial charge in [0.1, 0.15) is 42.8 Å². The number of anilines is 2. The third kappa shape index (κ3) is 21.4. The Labute approximate surface area is 515 Å². The molecule has 3 heterocycles. The van der Waals surface area contributed by atoms with Gasteiger partial charge in [-0.2, -0.15) is 0 Å². The van der Waals surface area contributed by atoms with Crippen molar-refractivity contribution in [2.75, 3.05) is 89.7 Å². The van der Waals surface area contributed by atoms with E-state index in [-0.39, 0.29) is 122 Å². The highest BCUT2D eigenvalue weighted by Gasteiger charge is 2.29. The quantitative estimate of drug-likeness (QED) is 0.0183. The van der Waals surface area contributed by atoms with Crippen LogP contribution in [0.25, 0.3) is 33.5 Å². The second kappa shape index (κ2) is 34.5. The molecule has 0 saturated heterocycles. The molecule has 6 aromatic rings. The first kappa shape index (κ1) is 67.5. The molecular formula is C61H70F2N12O15. The van der Waals surface area contributed by atoms with Gasteiger partial charge in [-0.05, 0) is 91.1 Å². The number of nitrogens with two attached hydrogens (primary N) is 1. The lowest BCUT2D eigenvalue weighted by atomic mass is 10.0. The number of imide groups is 1. The molecule has 27 nitrogen and oxygen atoms in total. The molecule has 2 aromatic heterocycles. The third-order valence-electron chi connectivity index (χ3n) is 13.4. The first-order valence-electron chi connectivity index (χ1n) is 28.7. The standard InChI is InChI=1S/C61H70F2N12O15/c1-37(2)54(74-50(76)19-23-85-26-28-87-30-31-88-29-27-86-25-22-75-52(77)17-18-53(75)78)58(80)71-47(4-3-20-65-60(64)83)57(79)69-42-12-5-38(6-13-42)36-90-61(84)66-21-24-89-51-35-68-46-16-9-40(32-48(46)70-51)56-55(39-7-10-41(62)11-8-39)72-49(73-56)34-67-43-14-15-45(63)44(33-43)59(81)82/h5-18,32-33,35,37,47,54,67H,3-4,19-31,34,36H2,1-2H3,(H,66,84)(H,69,79)(H,71,80)(H,72,73)(H,74,76)(H,81,82)(H3,64,65,83). The number of amides is 8. The molecule has 0 spiro atoms. The molecule has 1 aliphatic rings. The second-order valence-electron chi connectivity index (χ2n) is 20.4. The number of nitrogens with zero attached hydrogens (tertiary/aromatic N) is 4. The van der Waals surface area contributed by atoms with Crippen molar-refractivity contribution in [3.8, 4) is 28.4 Å². The van der Waals surface area contributed by atoms with Crippen LogP contribution < -0.4 is 42.4 Å². The van der Waals surface area contributed by atoms with E-state index in [0.29, 0.717) is 69.5 Å². The predicted octanol–water partition coefficient (Wildman–Crippen LogP) is 4.97. The summed E-state index contributed by atoms with van der Waals surface area (Å²) in [6.07, 6.45) is 3.44. The Morgan fingerprint density at radius 1 is 0.711 bits per heavy atom. The fourth-order valence-corrected chi connectivity index (χ4v) is 8.72. The van der Waals surface area contributed by atoms with Crippen LogP contribution in [-0.4, -0.2) is 169 Å². The average molecular weight is 1250 g/mol. The molecule has 478 valence electrons. The number of carbonyl (C=O) groups is 8. The summed E-state index contributed by atoms with van der Waals surface area (Å²) < 4.78 is 61.0. The number of fused-ring (bicyclic) bond motifs is 1. The fraction of sp³-hybridized carbons (Fsp3) is 0.361. The van der Waals surface area contributed by atoms with Crippen LogP contribution >= 0.6 is 0 Å². The van der Waals surface area contributed by atoms with Gasteiger partial charge in [0.2, 0.25) is 23.6 Å². The number of aromatic amines is 1. The van der Waals surface area contributed by atoms with Gasteiger partial charge in [0.25, 0.3) is 11.8 Å². The summed E-state index contributed by atoms with van der Waals surface area (Å²) in [5, 5.41) is 25.7. The lowest BCUT2D eigenvalue weighted by molar-refractivity contribution is -0.137. The van der Waals surface area contributed by atoms with Gasteiger partial charge in [0, 0.05) is 47.6 Å². The number of halogens is 2. The lowest BCUT2D eigenvalue weighted by Gasteiger charge is -2.25. The highest BCUT2D eigenvalue weighted by atomic mass is 19.1. The van der Waals surface area contributed by atoms with Gasteiger partial charge >= 0.3 is 18.1 Å². The van der Waals surface area contributed by atoms with Crippen molar-refractivity contribution in [1.29, 1.82) is 0 Å². The number of nitrogens with one attached hydrogen (secondary N) is 7. The van der Waals surface area contributed by atoms with Crippen molar-refractivity contribution in [2.24, 2.45) is 11.7 Å². The summed E-state index contributed by atoms with van der Waals surface area (Å²) in [4.78, 5) is 117. The number of alkyl carbamates (subject to hydrolysis) is 1. The average Bonchev–Trinajstić information content (AvgIpc) is 1.89. The van der Waals surface area contributed by atoms with Gasteiger partial charge in [-0.3, -0.25) is 28.9 Å². The van der Waals surface area contributed by atoms with Crippen molar-refractivity contribution in [3.05, 3.63) is 132 Å². The molecule has 10 N–H and O–H groups in total. The zero-order valence-corrected chi connectivity index (χ0v) is 49.4. The van der Waals surface area contributed by atoms with Crippen LogP contribution in [0.4, 0.5) is 29.7 Å². The number of carboxylic acids is 1. The minimum absolute atomic E-state index is 0.00281. The number of hydrogen-bond donors (Lipinski definition) is 9. The minimum Gasteiger partial charge on any atom is -0.478 e. The van der Waals surface area contributed by atoms with E-state index in [4.69, 9.17) is 39.1 Å². The van der Waals surface area contributed by atoms with E-state index >= 15 is 0 Å². The summed E-state index contributed by atoms with van der Waals surface area (Å²) in [7, 11) is 0. The van der Waals surface area contributed by atoms with Crippen LogP contribution in [-0.2, 0) is 60.8 Å². The summed E-state index contributed by atoms with van der Waals surface area (Å²) in [5.74, 6) is -4.85. The Kier molecular flexibility index (Phi) is 25.9. The molecule has 29 heteroatoms. The highest BCUT2D eigenvalue weighted by molar-refractivity contribution is 6.12. The number of ether oxygens (including phenoxy) is 6. The Morgan fingerprint density at radius 3 is 2.06 bits per heavy atom. The zero-order valence-electron chi connectivity index (χ0n) is 49.4. The number of urea groups is 1. The topological polar surface area (TPSA) is 368 Å². The van der Waals surface area contributed by atoms with Gasteiger partial charge in [-0.15, -0.1) is 0 Å². The van der Waals surface area contributed by atoms with E-state index in [2.05, 4.69) is 46.9 Å². The molecule has 1 aliphatic heterocycles. The van der Waals surface area contributed by atoms with E-state index in [9.17, 15) is 52.2 Å². The monoisotopic (exact) mass is 1250 g/mol. The van der Waals surface area contributed by atoms with Gasteiger partial charge in [-0.1, -0.05) is 32.0 Å². The number of hydrogen-bond acceptors (Lipinski definition) is 18. The van der Waals surface area contributed by atoms with Crippen LogP contribution in [0.3, 0.4) is 0 Å². The fourth-order valence-electron chi connectivity index (χ4n) is 8.72. The molecule has 0 fully saturated rings. The predicted molar refractivity (Wildman–Crippen MR) is 321 cm³/mol. The number of carbonyl (C=O) groups excluding carboxylic acids is 7. The molecule has 90 heavy (non-hydrogen) atoms. The summed E-state index contributed by atoms with van der Waals surface area (Å²) in [5.41, 5.74) is 9.33. The van der Waals surface area contributed by atoms with Crippen LogP contribution in [0, 0.1) is 17.6 Å². The Morgan fingerprint density at radius 2 is 1.38 bits per heavy atom. The first-order valence-corrected chi connectivity index (χ1v) is 28.7. The normalized spacial score (nSPS) is 12.6. The molecule has 8 amide bonds. The molecule has 0 saturated carbocycles. The lowest BCUT2D eigenvalue weighted by Crippen LogP contribution is -2.54. The Hall–Kier alpha value is -9.97. The van der Waals surface area contributed by atoms with Crippen LogP contribution in [0.15, 0.2) is 103 Å². The SMILES string of the molecule is CC(C)C(NC(=O)CCOCCOCCOCCOCCN1C(=O)C=CC1=O)C(=O)NC(CCCNC(N)=O)C(=O)Nc1ccc(COC(=O)NCCOc2cnc3ccc(-c4[nH]c(CNc5ccc(F)c(C(=O)O)c5)nc4-c4ccc(F)cc4)cc3n2)cc1. The maximum atomic E-state index is 14.0. The molecule has 2 atom stereocenters. The van der Waals surface area contributed by atoms with E-state index in [0.717, 1.165) is 11.0 Å². The molecular weight excluding hydrogens is 1180 g/mol. The zero-order chi connectivity index (χ0) is 64.4.